The second-order valence-corrected chi connectivity index (χ2v) is 10.5. The average Bonchev–Trinajstić information content (AvgIpc) is 3.24. The Balaban J connectivity index is 1.18. The summed E-state index contributed by atoms with van der Waals surface area (Å²) in [5, 5.41) is 2.16. The fourth-order valence-electron chi connectivity index (χ4n) is 5.87. The highest BCUT2D eigenvalue weighted by Crippen LogP contribution is 2.31. The van der Waals surface area contributed by atoms with Crippen molar-refractivity contribution in [2.45, 2.75) is 24.9 Å². The summed E-state index contributed by atoms with van der Waals surface area (Å²) in [5.74, 6) is -3.49. The first-order valence-corrected chi connectivity index (χ1v) is 13.6. The third kappa shape index (κ3) is 4.96. The molecule has 3 aliphatic heterocycles. The fraction of sp³-hybridized carbons (Fsp3) is 0.258. The van der Waals surface area contributed by atoms with E-state index in [1.807, 2.05) is 0 Å². The molecule has 11 heteroatoms. The standard InChI is InChI=1S/C31H26F2N4O5/c32-21-6-1-18(2-7-21)27(19-3-8-22(33)9-4-19)35-13-15-36(16-14-35)29(40)20-5-10-23-24(17-20)31(42)37(30(23)41)25-11-12-26(38)34-28(25)39/h1-10,17,25,27H,11-16H2,(H,34,38,39). The van der Waals surface area contributed by atoms with Crippen molar-refractivity contribution in [2.75, 3.05) is 26.2 Å². The van der Waals surface area contributed by atoms with Crippen molar-refractivity contribution < 1.29 is 32.8 Å². The van der Waals surface area contributed by atoms with Gasteiger partial charge in [0, 0.05) is 38.2 Å². The molecule has 5 amide bonds. The van der Waals surface area contributed by atoms with E-state index in [9.17, 15) is 32.8 Å². The van der Waals surface area contributed by atoms with Gasteiger partial charge in [-0.3, -0.25) is 39.1 Å². The Kier molecular flexibility index (Phi) is 7.11. The quantitative estimate of drug-likeness (QED) is 0.472. The normalized spacial score (nSPS) is 19.4. The first kappa shape index (κ1) is 27.4. The van der Waals surface area contributed by atoms with Gasteiger partial charge in [-0.15, -0.1) is 0 Å². The van der Waals surface area contributed by atoms with E-state index >= 15 is 0 Å². The van der Waals surface area contributed by atoms with Crippen LogP contribution in [0.2, 0.25) is 0 Å². The molecule has 1 N–H and O–H groups in total. The van der Waals surface area contributed by atoms with E-state index in [0.29, 0.717) is 26.2 Å². The third-order valence-electron chi connectivity index (χ3n) is 8.02. The smallest absolute Gasteiger partial charge is 0.262 e. The van der Waals surface area contributed by atoms with Gasteiger partial charge in [0.15, 0.2) is 0 Å². The van der Waals surface area contributed by atoms with Crippen molar-refractivity contribution in [3.05, 3.63) is 106 Å². The molecule has 0 bridgehead atoms. The molecule has 0 radical (unpaired) electrons. The van der Waals surface area contributed by atoms with Crippen LogP contribution < -0.4 is 5.32 Å². The van der Waals surface area contributed by atoms with Gasteiger partial charge in [-0.05, 0) is 60.0 Å². The number of imide groups is 2. The number of carbonyl (C=O) groups is 5. The number of piperazine rings is 1. The lowest BCUT2D eigenvalue weighted by molar-refractivity contribution is -0.136. The van der Waals surface area contributed by atoms with Crippen LogP contribution in [0.15, 0.2) is 66.7 Å². The summed E-state index contributed by atoms with van der Waals surface area (Å²) in [7, 11) is 0. The van der Waals surface area contributed by atoms with E-state index in [1.54, 1.807) is 29.2 Å². The molecule has 0 aliphatic carbocycles. The molecular formula is C31H26F2N4O5. The SMILES string of the molecule is O=C1CCC(N2C(=O)c3ccc(C(=O)N4CCN(C(c5ccc(F)cc5)c5ccc(F)cc5)CC4)cc3C2=O)C(=O)N1. The minimum Gasteiger partial charge on any atom is -0.336 e. The molecule has 0 spiro atoms. The number of carbonyl (C=O) groups excluding carboxylic acids is 5. The van der Waals surface area contributed by atoms with Gasteiger partial charge >= 0.3 is 0 Å². The van der Waals surface area contributed by atoms with Crippen molar-refractivity contribution in [3.8, 4) is 0 Å². The first-order valence-electron chi connectivity index (χ1n) is 13.6. The summed E-state index contributed by atoms with van der Waals surface area (Å²) < 4.78 is 27.3. The Morgan fingerprint density at radius 3 is 1.90 bits per heavy atom. The maximum Gasteiger partial charge on any atom is 0.262 e. The molecule has 1 atom stereocenters. The molecule has 2 fully saturated rings. The van der Waals surface area contributed by atoms with Crippen LogP contribution in [0.4, 0.5) is 8.78 Å². The Morgan fingerprint density at radius 2 is 1.33 bits per heavy atom. The molecule has 3 aliphatic rings. The Hall–Kier alpha value is -4.77. The second-order valence-electron chi connectivity index (χ2n) is 10.5. The summed E-state index contributed by atoms with van der Waals surface area (Å²) in [5.41, 5.74) is 2.06. The molecule has 1 unspecified atom stereocenters. The minimum absolute atomic E-state index is 0.0166. The summed E-state index contributed by atoms with van der Waals surface area (Å²) in [4.78, 5) is 68.1. The van der Waals surface area contributed by atoms with E-state index in [0.717, 1.165) is 16.0 Å². The lowest BCUT2D eigenvalue weighted by Crippen LogP contribution is -2.54. The molecule has 6 rings (SSSR count). The number of halogens is 2. The summed E-state index contributed by atoms with van der Waals surface area (Å²) >= 11 is 0. The molecule has 3 aromatic carbocycles. The van der Waals surface area contributed by atoms with Gasteiger partial charge in [-0.25, -0.2) is 8.78 Å². The lowest BCUT2D eigenvalue weighted by Gasteiger charge is -2.39. The summed E-state index contributed by atoms with van der Waals surface area (Å²) in [6.45, 7) is 1.70. The molecule has 2 saturated heterocycles. The molecular weight excluding hydrogens is 546 g/mol. The van der Waals surface area contributed by atoms with Gasteiger partial charge in [0.05, 0.1) is 17.2 Å². The number of hydrogen-bond donors (Lipinski definition) is 1. The van der Waals surface area contributed by atoms with E-state index < -0.39 is 29.7 Å². The van der Waals surface area contributed by atoms with Crippen molar-refractivity contribution in [1.82, 2.24) is 20.0 Å². The van der Waals surface area contributed by atoms with Crippen LogP contribution in [0.25, 0.3) is 0 Å². The van der Waals surface area contributed by atoms with Gasteiger partial charge in [0.25, 0.3) is 17.7 Å². The van der Waals surface area contributed by atoms with Gasteiger partial charge in [0.1, 0.15) is 17.7 Å². The topological polar surface area (TPSA) is 107 Å². The number of hydrogen-bond acceptors (Lipinski definition) is 6. The predicted octanol–water partition coefficient (Wildman–Crippen LogP) is 2.91. The molecule has 3 aromatic rings. The van der Waals surface area contributed by atoms with Crippen LogP contribution in [-0.4, -0.2) is 76.5 Å². The Labute approximate surface area is 239 Å². The van der Waals surface area contributed by atoms with Crippen LogP contribution >= 0.6 is 0 Å². The number of nitrogens with one attached hydrogen (secondary N) is 1. The zero-order chi connectivity index (χ0) is 29.5. The molecule has 3 heterocycles. The molecule has 0 aromatic heterocycles. The van der Waals surface area contributed by atoms with Crippen LogP contribution in [0.3, 0.4) is 0 Å². The Bertz CT molecular complexity index is 1560. The van der Waals surface area contributed by atoms with Crippen LogP contribution in [-0.2, 0) is 9.59 Å². The van der Waals surface area contributed by atoms with Crippen molar-refractivity contribution in [1.29, 1.82) is 0 Å². The number of amides is 5. The predicted molar refractivity (Wildman–Crippen MR) is 145 cm³/mol. The summed E-state index contributed by atoms with van der Waals surface area (Å²) in [6.07, 6.45) is 0.0613. The van der Waals surface area contributed by atoms with Gasteiger partial charge in [-0.1, -0.05) is 24.3 Å². The third-order valence-corrected chi connectivity index (χ3v) is 8.02. The highest BCUT2D eigenvalue weighted by atomic mass is 19.1. The first-order chi connectivity index (χ1) is 20.2. The van der Waals surface area contributed by atoms with Gasteiger partial charge < -0.3 is 4.90 Å². The van der Waals surface area contributed by atoms with E-state index in [2.05, 4.69) is 10.2 Å². The minimum atomic E-state index is -1.09. The zero-order valence-electron chi connectivity index (χ0n) is 22.4. The number of rotatable bonds is 5. The molecule has 0 saturated carbocycles. The van der Waals surface area contributed by atoms with E-state index in [-0.39, 0.29) is 53.1 Å². The lowest BCUT2D eigenvalue weighted by atomic mass is 9.96. The largest absolute Gasteiger partial charge is 0.336 e. The van der Waals surface area contributed by atoms with Gasteiger partial charge in [-0.2, -0.15) is 0 Å². The Morgan fingerprint density at radius 1 is 0.762 bits per heavy atom. The summed E-state index contributed by atoms with van der Waals surface area (Å²) in [6, 6.07) is 15.3. The monoisotopic (exact) mass is 572 g/mol. The number of fused-ring (bicyclic) bond motifs is 1. The van der Waals surface area contributed by atoms with E-state index in [4.69, 9.17) is 0 Å². The van der Waals surface area contributed by atoms with E-state index in [1.165, 1.54) is 42.5 Å². The van der Waals surface area contributed by atoms with Crippen LogP contribution in [0.1, 0.15) is 61.1 Å². The molecule has 42 heavy (non-hydrogen) atoms. The number of piperidine rings is 1. The average molecular weight is 573 g/mol. The van der Waals surface area contributed by atoms with Crippen molar-refractivity contribution >= 4 is 29.5 Å². The number of benzene rings is 3. The molecule has 214 valence electrons. The van der Waals surface area contributed by atoms with Crippen LogP contribution in [0, 0.1) is 11.6 Å². The highest BCUT2D eigenvalue weighted by molar-refractivity contribution is 6.24. The van der Waals surface area contributed by atoms with Crippen molar-refractivity contribution in [2.24, 2.45) is 0 Å². The van der Waals surface area contributed by atoms with Gasteiger partial charge in [0.2, 0.25) is 11.8 Å². The van der Waals surface area contributed by atoms with Crippen molar-refractivity contribution in [3.63, 3.8) is 0 Å². The molecule has 9 nitrogen and oxygen atoms in total. The number of nitrogens with zero attached hydrogens (tertiary/aromatic N) is 3. The maximum absolute atomic E-state index is 13.6. The maximum atomic E-state index is 13.6. The zero-order valence-corrected chi connectivity index (χ0v) is 22.4. The van der Waals surface area contributed by atoms with Crippen LogP contribution in [0.5, 0.6) is 0 Å². The second kappa shape index (κ2) is 10.9. The highest BCUT2D eigenvalue weighted by Gasteiger charge is 2.45. The fourth-order valence-corrected chi connectivity index (χ4v) is 5.87.